The molecule has 2 unspecified atom stereocenters. The molecule has 0 bridgehead atoms. The second kappa shape index (κ2) is 10.2. The zero-order chi connectivity index (χ0) is 21.5. The van der Waals surface area contributed by atoms with Crippen LogP contribution in [0.2, 0.25) is 0 Å². The van der Waals surface area contributed by atoms with Crippen LogP contribution in [0.3, 0.4) is 0 Å². The van der Waals surface area contributed by atoms with Crippen LogP contribution in [0.5, 0.6) is 0 Å². The standard InChI is InChI=1S/C24H28N4O3/c1-19(26-15-21-9-5-6-10-22(21)28-12-11-25-18-28)23-16-27(13-14-30-23)24(29)31-17-20-7-3-2-4-8-20/h2-12,18-19,23,26H,13-17H2,1H3. The summed E-state index contributed by atoms with van der Waals surface area (Å²) in [5, 5.41) is 3.55. The van der Waals surface area contributed by atoms with Gasteiger partial charge in [0.05, 0.1) is 31.3 Å². The van der Waals surface area contributed by atoms with Gasteiger partial charge < -0.3 is 24.3 Å². The highest BCUT2D eigenvalue weighted by Crippen LogP contribution is 2.16. The SMILES string of the molecule is CC(NCc1ccccc1-n1ccnc1)C1CN(C(=O)OCc2ccccc2)CCO1. The molecule has 2 atom stereocenters. The lowest BCUT2D eigenvalue weighted by Crippen LogP contribution is -2.52. The van der Waals surface area contributed by atoms with Gasteiger partial charge in [-0.2, -0.15) is 0 Å². The Hall–Kier alpha value is -3.16. The summed E-state index contributed by atoms with van der Waals surface area (Å²) in [5.74, 6) is 0. The summed E-state index contributed by atoms with van der Waals surface area (Å²) in [5.41, 5.74) is 3.24. The van der Waals surface area contributed by atoms with Gasteiger partial charge in [0.2, 0.25) is 0 Å². The number of carbonyl (C=O) groups excluding carboxylic acids is 1. The summed E-state index contributed by atoms with van der Waals surface area (Å²) in [4.78, 5) is 18.4. The van der Waals surface area contributed by atoms with Crippen LogP contribution in [0.25, 0.3) is 5.69 Å². The van der Waals surface area contributed by atoms with Crippen molar-refractivity contribution >= 4 is 6.09 Å². The van der Waals surface area contributed by atoms with Crippen LogP contribution < -0.4 is 5.32 Å². The van der Waals surface area contributed by atoms with Gasteiger partial charge in [0, 0.05) is 31.5 Å². The number of carbonyl (C=O) groups is 1. The molecule has 2 heterocycles. The first-order chi connectivity index (χ1) is 15.2. The van der Waals surface area contributed by atoms with Gasteiger partial charge in [-0.05, 0) is 24.1 Å². The number of nitrogens with zero attached hydrogens (tertiary/aromatic N) is 3. The summed E-state index contributed by atoms with van der Waals surface area (Å²) < 4.78 is 13.4. The minimum Gasteiger partial charge on any atom is -0.445 e. The van der Waals surface area contributed by atoms with E-state index in [4.69, 9.17) is 9.47 Å². The molecular weight excluding hydrogens is 392 g/mol. The van der Waals surface area contributed by atoms with E-state index in [1.165, 1.54) is 5.56 Å². The highest BCUT2D eigenvalue weighted by molar-refractivity contribution is 5.67. The van der Waals surface area contributed by atoms with Crippen molar-refractivity contribution in [2.45, 2.75) is 32.2 Å². The molecule has 3 aromatic rings. The molecule has 7 nitrogen and oxygen atoms in total. The molecule has 0 saturated carbocycles. The number of ether oxygens (including phenoxy) is 2. The Labute approximate surface area is 182 Å². The van der Waals surface area contributed by atoms with Crippen molar-refractivity contribution in [2.75, 3.05) is 19.7 Å². The number of hydrogen-bond acceptors (Lipinski definition) is 5. The van der Waals surface area contributed by atoms with Gasteiger partial charge in [0.15, 0.2) is 0 Å². The summed E-state index contributed by atoms with van der Waals surface area (Å²) in [7, 11) is 0. The topological polar surface area (TPSA) is 68.6 Å². The zero-order valence-corrected chi connectivity index (χ0v) is 17.7. The first kappa shape index (κ1) is 21.1. The van der Waals surface area contributed by atoms with Crippen molar-refractivity contribution in [1.82, 2.24) is 19.8 Å². The fourth-order valence-corrected chi connectivity index (χ4v) is 3.67. The van der Waals surface area contributed by atoms with E-state index < -0.39 is 0 Å². The minimum atomic E-state index is -0.296. The molecule has 4 rings (SSSR count). The molecule has 2 aromatic carbocycles. The normalized spacial score (nSPS) is 17.3. The number of imidazole rings is 1. The monoisotopic (exact) mass is 420 g/mol. The zero-order valence-electron chi connectivity index (χ0n) is 17.7. The summed E-state index contributed by atoms with van der Waals surface area (Å²) in [6.45, 7) is 4.60. The van der Waals surface area contributed by atoms with Gasteiger partial charge in [-0.1, -0.05) is 48.5 Å². The first-order valence-corrected chi connectivity index (χ1v) is 10.6. The summed E-state index contributed by atoms with van der Waals surface area (Å²) in [6, 6.07) is 18.0. The summed E-state index contributed by atoms with van der Waals surface area (Å²) in [6.07, 6.45) is 5.11. The van der Waals surface area contributed by atoms with E-state index in [9.17, 15) is 4.79 Å². The van der Waals surface area contributed by atoms with E-state index >= 15 is 0 Å². The van der Waals surface area contributed by atoms with Gasteiger partial charge in [0.25, 0.3) is 0 Å². The molecule has 0 radical (unpaired) electrons. The van der Waals surface area contributed by atoms with E-state index in [1.54, 1.807) is 17.4 Å². The van der Waals surface area contributed by atoms with Crippen LogP contribution in [-0.4, -0.2) is 52.4 Å². The largest absolute Gasteiger partial charge is 0.445 e. The molecular formula is C24H28N4O3. The van der Waals surface area contributed by atoms with Crippen molar-refractivity contribution in [1.29, 1.82) is 0 Å². The van der Waals surface area contributed by atoms with Crippen molar-refractivity contribution in [3.05, 3.63) is 84.4 Å². The maximum atomic E-state index is 12.5. The van der Waals surface area contributed by atoms with E-state index in [2.05, 4.69) is 29.4 Å². The molecule has 0 spiro atoms. The quantitative estimate of drug-likeness (QED) is 0.635. The van der Waals surface area contributed by atoms with Crippen molar-refractivity contribution in [3.8, 4) is 5.69 Å². The second-order valence-electron chi connectivity index (χ2n) is 7.66. The third-order valence-electron chi connectivity index (χ3n) is 5.50. The van der Waals surface area contributed by atoms with Gasteiger partial charge in [-0.25, -0.2) is 9.78 Å². The first-order valence-electron chi connectivity index (χ1n) is 10.6. The predicted molar refractivity (Wildman–Crippen MR) is 118 cm³/mol. The highest BCUT2D eigenvalue weighted by atomic mass is 16.6. The molecule has 1 fully saturated rings. The van der Waals surface area contributed by atoms with Gasteiger partial charge in [-0.15, -0.1) is 0 Å². The molecule has 1 N–H and O–H groups in total. The third-order valence-corrected chi connectivity index (χ3v) is 5.50. The van der Waals surface area contributed by atoms with E-state index in [0.29, 0.717) is 26.2 Å². The minimum absolute atomic E-state index is 0.0700. The molecule has 162 valence electrons. The van der Waals surface area contributed by atoms with E-state index in [1.807, 2.05) is 53.2 Å². The smallest absolute Gasteiger partial charge is 0.410 e. The number of nitrogens with one attached hydrogen (secondary N) is 1. The lowest BCUT2D eigenvalue weighted by molar-refractivity contribution is -0.0419. The highest BCUT2D eigenvalue weighted by Gasteiger charge is 2.29. The average molecular weight is 421 g/mol. The van der Waals surface area contributed by atoms with Crippen LogP contribution in [0.1, 0.15) is 18.1 Å². The van der Waals surface area contributed by atoms with E-state index in [0.717, 1.165) is 11.3 Å². The molecule has 1 saturated heterocycles. The van der Waals surface area contributed by atoms with Crippen LogP contribution in [-0.2, 0) is 22.6 Å². The number of para-hydroxylation sites is 1. The molecule has 0 aliphatic carbocycles. The Morgan fingerprint density at radius 2 is 2.03 bits per heavy atom. The number of hydrogen-bond donors (Lipinski definition) is 1. The molecule has 1 aliphatic heterocycles. The Kier molecular flexibility index (Phi) is 6.96. The second-order valence-corrected chi connectivity index (χ2v) is 7.66. The maximum Gasteiger partial charge on any atom is 0.410 e. The van der Waals surface area contributed by atoms with Crippen molar-refractivity contribution in [3.63, 3.8) is 0 Å². The van der Waals surface area contributed by atoms with Gasteiger partial charge in [0.1, 0.15) is 6.61 Å². The molecule has 7 heteroatoms. The number of rotatable bonds is 7. The van der Waals surface area contributed by atoms with Crippen molar-refractivity contribution in [2.24, 2.45) is 0 Å². The Morgan fingerprint density at radius 3 is 2.84 bits per heavy atom. The number of amides is 1. The van der Waals surface area contributed by atoms with Gasteiger partial charge >= 0.3 is 6.09 Å². The number of aromatic nitrogens is 2. The average Bonchev–Trinajstić information content (AvgIpc) is 3.37. The number of morpholine rings is 1. The van der Waals surface area contributed by atoms with Crippen LogP contribution in [0, 0.1) is 0 Å². The summed E-state index contributed by atoms with van der Waals surface area (Å²) >= 11 is 0. The van der Waals surface area contributed by atoms with Crippen LogP contribution in [0.4, 0.5) is 4.79 Å². The fourth-order valence-electron chi connectivity index (χ4n) is 3.67. The molecule has 1 aromatic heterocycles. The van der Waals surface area contributed by atoms with Crippen LogP contribution >= 0.6 is 0 Å². The Morgan fingerprint density at radius 1 is 1.23 bits per heavy atom. The Bertz CT molecular complexity index is 962. The maximum absolute atomic E-state index is 12.5. The lowest BCUT2D eigenvalue weighted by Gasteiger charge is -2.35. The predicted octanol–water partition coefficient (Wildman–Crippen LogP) is 3.39. The van der Waals surface area contributed by atoms with Crippen molar-refractivity contribution < 1.29 is 14.3 Å². The molecule has 31 heavy (non-hydrogen) atoms. The fraction of sp³-hybridized carbons (Fsp3) is 0.333. The third kappa shape index (κ3) is 5.51. The Balaban J connectivity index is 1.30. The molecule has 1 amide bonds. The lowest BCUT2D eigenvalue weighted by atomic mass is 10.1. The van der Waals surface area contributed by atoms with E-state index in [-0.39, 0.29) is 24.8 Å². The van der Waals surface area contributed by atoms with Gasteiger partial charge in [-0.3, -0.25) is 0 Å². The molecule has 1 aliphatic rings. The van der Waals surface area contributed by atoms with Crippen LogP contribution in [0.15, 0.2) is 73.3 Å². The number of benzene rings is 2.